The lowest BCUT2D eigenvalue weighted by molar-refractivity contribution is -0.205. The largest absolute Gasteiger partial charge is 0.462 e. The molecule has 0 bridgehead atoms. The molecule has 4 aliphatic carbocycles. The number of hydrogen-bond donors (Lipinski definition) is 0. The number of hydrogen-bond acceptors (Lipinski definition) is 2. The zero-order valence-corrected chi connectivity index (χ0v) is 23.6. The average molecular weight is 469 g/mol. The van der Waals surface area contributed by atoms with Crippen LogP contribution in [0.25, 0.3) is 0 Å². The first-order chi connectivity index (χ1) is 15.8. The molecule has 4 aliphatic rings. The predicted octanol–water partition coefficient (Wildman–Crippen LogP) is 8.91. The molecule has 0 aliphatic heterocycles. The van der Waals surface area contributed by atoms with Gasteiger partial charge in [-0.15, -0.1) is 6.58 Å². The molecule has 0 unspecified atom stereocenters. The standard InChI is InChI=1S/C32H52O2/c1-21(2)11-10-12-22(3)24-15-19-31(8)25(24)13-14-27-30(7)18-17-28(34-23(4)33)29(5,6)26(30)16-20-32(27,31)9/h13,22,24,26-28H,1,10-12,14-20H2,2-9H3/t22-,24-,26+,27-,28+,30+,31-,32-/m1/s1. The first kappa shape index (κ1) is 26.0. The van der Waals surface area contributed by atoms with E-state index in [1.807, 2.05) is 5.57 Å². The van der Waals surface area contributed by atoms with E-state index >= 15 is 0 Å². The van der Waals surface area contributed by atoms with Crippen LogP contribution in [0.2, 0.25) is 0 Å². The number of carbonyl (C=O) groups excluding carboxylic acids is 1. The highest BCUT2D eigenvalue weighted by Gasteiger charge is 2.67. The summed E-state index contributed by atoms with van der Waals surface area (Å²) in [6.45, 7) is 23.1. The molecule has 0 aromatic rings. The third kappa shape index (κ3) is 3.85. The quantitative estimate of drug-likeness (QED) is 0.287. The number of ether oxygens (including phenoxy) is 1. The van der Waals surface area contributed by atoms with Crippen molar-refractivity contribution in [1.29, 1.82) is 0 Å². The lowest BCUT2D eigenvalue weighted by Crippen LogP contribution is -2.62. The minimum Gasteiger partial charge on any atom is -0.462 e. The van der Waals surface area contributed by atoms with Crippen LogP contribution in [0, 0.1) is 45.3 Å². The van der Waals surface area contributed by atoms with Crippen molar-refractivity contribution in [2.45, 2.75) is 126 Å². The second-order valence-electron chi connectivity index (χ2n) is 14.2. The third-order valence-electron chi connectivity index (χ3n) is 12.1. The zero-order chi connectivity index (χ0) is 25.1. The number of rotatable bonds is 6. The van der Waals surface area contributed by atoms with E-state index in [-0.39, 0.29) is 17.5 Å². The molecule has 34 heavy (non-hydrogen) atoms. The maximum atomic E-state index is 11.8. The summed E-state index contributed by atoms with van der Waals surface area (Å²) in [5.74, 6) is 2.78. The van der Waals surface area contributed by atoms with Crippen LogP contribution in [0.4, 0.5) is 0 Å². The minimum absolute atomic E-state index is 0.0426. The molecule has 2 nitrogen and oxygen atoms in total. The lowest BCUT2D eigenvalue weighted by Gasteiger charge is -2.68. The Morgan fingerprint density at radius 3 is 2.41 bits per heavy atom. The Morgan fingerprint density at radius 1 is 1.06 bits per heavy atom. The summed E-state index contributed by atoms with van der Waals surface area (Å²) < 4.78 is 5.88. The second kappa shape index (κ2) is 8.81. The van der Waals surface area contributed by atoms with Crippen molar-refractivity contribution in [3.8, 4) is 0 Å². The lowest BCUT2D eigenvalue weighted by atomic mass is 9.37. The van der Waals surface area contributed by atoms with Crippen LogP contribution in [0.15, 0.2) is 23.8 Å². The van der Waals surface area contributed by atoms with Gasteiger partial charge < -0.3 is 4.74 Å². The Labute approximate surface area is 210 Å². The van der Waals surface area contributed by atoms with E-state index in [2.05, 4.69) is 61.1 Å². The molecule has 0 heterocycles. The third-order valence-corrected chi connectivity index (χ3v) is 12.1. The summed E-state index contributed by atoms with van der Waals surface area (Å²) in [5.41, 5.74) is 4.23. The Hall–Kier alpha value is -1.05. The molecule has 0 radical (unpaired) electrons. The summed E-state index contributed by atoms with van der Waals surface area (Å²) in [6.07, 6.45) is 15.4. The summed E-state index contributed by atoms with van der Waals surface area (Å²) in [6, 6.07) is 0. The Morgan fingerprint density at radius 2 is 1.76 bits per heavy atom. The van der Waals surface area contributed by atoms with E-state index in [0.29, 0.717) is 22.2 Å². The van der Waals surface area contributed by atoms with Crippen LogP contribution in [0.5, 0.6) is 0 Å². The summed E-state index contributed by atoms with van der Waals surface area (Å²) >= 11 is 0. The van der Waals surface area contributed by atoms with Gasteiger partial charge in [0.1, 0.15) is 6.10 Å². The molecule has 4 rings (SSSR count). The summed E-state index contributed by atoms with van der Waals surface area (Å²) in [5, 5.41) is 0. The van der Waals surface area contributed by atoms with Crippen molar-refractivity contribution in [1.82, 2.24) is 0 Å². The van der Waals surface area contributed by atoms with E-state index < -0.39 is 0 Å². The van der Waals surface area contributed by atoms with Gasteiger partial charge in [0, 0.05) is 12.3 Å². The topological polar surface area (TPSA) is 26.3 Å². The van der Waals surface area contributed by atoms with E-state index in [1.54, 1.807) is 6.92 Å². The fourth-order valence-electron chi connectivity index (χ4n) is 10.0. The number of carbonyl (C=O) groups is 1. The Balaban J connectivity index is 1.60. The van der Waals surface area contributed by atoms with Crippen molar-refractivity contribution < 1.29 is 9.53 Å². The molecule has 3 saturated carbocycles. The van der Waals surface area contributed by atoms with Crippen molar-refractivity contribution in [2.75, 3.05) is 0 Å². The molecule has 0 amide bonds. The van der Waals surface area contributed by atoms with Crippen molar-refractivity contribution >= 4 is 5.97 Å². The average Bonchev–Trinajstić information content (AvgIpc) is 3.08. The van der Waals surface area contributed by atoms with E-state index in [1.165, 1.54) is 63.4 Å². The van der Waals surface area contributed by atoms with E-state index in [0.717, 1.165) is 24.2 Å². The summed E-state index contributed by atoms with van der Waals surface area (Å²) in [4.78, 5) is 11.8. The highest BCUT2D eigenvalue weighted by Crippen LogP contribution is 2.74. The highest BCUT2D eigenvalue weighted by atomic mass is 16.5. The first-order valence-corrected chi connectivity index (χ1v) is 14.3. The van der Waals surface area contributed by atoms with Gasteiger partial charge in [0.2, 0.25) is 0 Å². The molecular formula is C32H52O2. The van der Waals surface area contributed by atoms with Gasteiger partial charge in [-0.3, -0.25) is 4.79 Å². The number of esters is 1. The molecule has 2 heteroatoms. The first-order valence-electron chi connectivity index (χ1n) is 14.3. The minimum atomic E-state index is -0.116. The molecule has 3 fully saturated rings. The van der Waals surface area contributed by atoms with E-state index in [9.17, 15) is 4.79 Å². The SMILES string of the molecule is C=C(C)CCC[C@@H](C)[C@H]1CC[C@]2(C)C1=CC[C@@H]1[C@@]3(C)CC[C@H](OC(C)=O)C(C)(C)[C@@H]3CC[C@]12C. The van der Waals surface area contributed by atoms with E-state index in [4.69, 9.17) is 4.74 Å². The number of allylic oxidation sites excluding steroid dienone is 3. The van der Waals surface area contributed by atoms with Crippen molar-refractivity contribution in [3.05, 3.63) is 23.8 Å². The van der Waals surface area contributed by atoms with Crippen LogP contribution >= 0.6 is 0 Å². The van der Waals surface area contributed by atoms with Crippen LogP contribution < -0.4 is 0 Å². The fourth-order valence-corrected chi connectivity index (χ4v) is 10.0. The van der Waals surface area contributed by atoms with Gasteiger partial charge in [0.25, 0.3) is 0 Å². The van der Waals surface area contributed by atoms with Crippen LogP contribution in [0.1, 0.15) is 120 Å². The zero-order valence-electron chi connectivity index (χ0n) is 23.6. The van der Waals surface area contributed by atoms with Crippen LogP contribution in [-0.4, -0.2) is 12.1 Å². The highest BCUT2D eigenvalue weighted by molar-refractivity contribution is 5.66. The Bertz CT molecular complexity index is 851. The normalized spacial score (nSPS) is 43.7. The molecule has 0 saturated heterocycles. The van der Waals surface area contributed by atoms with Gasteiger partial charge in [-0.1, -0.05) is 58.8 Å². The van der Waals surface area contributed by atoms with Gasteiger partial charge in [-0.2, -0.15) is 0 Å². The molecular weight excluding hydrogens is 416 g/mol. The smallest absolute Gasteiger partial charge is 0.302 e. The molecule has 0 spiro atoms. The predicted molar refractivity (Wildman–Crippen MR) is 142 cm³/mol. The van der Waals surface area contributed by atoms with Gasteiger partial charge in [0.15, 0.2) is 0 Å². The van der Waals surface area contributed by atoms with Crippen LogP contribution in [-0.2, 0) is 9.53 Å². The van der Waals surface area contributed by atoms with Crippen molar-refractivity contribution in [3.63, 3.8) is 0 Å². The monoisotopic (exact) mass is 468 g/mol. The van der Waals surface area contributed by atoms with Gasteiger partial charge in [-0.05, 0) is 111 Å². The number of fused-ring (bicyclic) bond motifs is 5. The van der Waals surface area contributed by atoms with Gasteiger partial charge in [-0.25, -0.2) is 0 Å². The Kier molecular flexibility index (Phi) is 6.74. The van der Waals surface area contributed by atoms with Gasteiger partial charge in [0.05, 0.1) is 0 Å². The maximum Gasteiger partial charge on any atom is 0.302 e. The molecule has 0 aromatic heterocycles. The molecule has 192 valence electrons. The second-order valence-corrected chi connectivity index (χ2v) is 14.2. The summed E-state index contributed by atoms with van der Waals surface area (Å²) in [7, 11) is 0. The van der Waals surface area contributed by atoms with Crippen molar-refractivity contribution in [2.24, 2.45) is 45.3 Å². The fraction of sp³-hybridized carbons (Fsp3) is 0.844. The molecule has 8 atom stereocenters. The van der Waals surface area contributed by atoms with Gasteiger partial charge >= 0.3 is 5.97 Å². The van der Waals surface area contributed by atoms with Crippen LogP contribution in [0.3, 0.4) is 0 Å². The maximum absolute atomic E-state index is 11.8. The molecule has 0 aromatic carbocycles. The molecule has 0 N–H and O–H groups in total.